The minimum atomic E-state index is -4.23. The van der Waals surface area contributed by atoms with Crippen LogP contribution in [0.3, 0.4) is 0 Å². The maximum absolute atomic E-state index is 12.9. The van der Waals surface area contributed by atoms with Crippen LogP contribution in [0.4, 0.5) is 23.7 Å². The molecule has 1 saturated heterocycles. The van der Waals surface area contributed by atoms with Crippen LogP contribution in [-0.2, 0) is 12.8 Å². The highest BCUT2D eigenvalue weighted by Crippen LogP contribution is 2.33. The van der Waals surface area contributed by atoms with Crippen molar-refractivity contribution >= 4 is 11.7 Å². The number of piperidine rings is 1. The highest BCUT2D eigenvalue weighted by molar-refractivity contribution is 5.90. The van der Waals surface area contributed by atoms with Gasteiger partial charge in [0.05, 0.1) is 5.92 Å². The lowest BCUT2D eigenvalue weighted by Gasteiger charge is -2.34. The summed E-state index contributed by atoms with van der Waals surface area (Å²) >= 11 is 0. The summed E-state index contributed by atoms with van der Waals surface area (Å²) < 4.78 is 38.6. The summed E-state index contributed by atoms with van der Waals surface area (Å²) in [5.74, 6) is -1.41. The van der Waals surface area contributed by atoms with E-state index < -0.39 is 18.1 Å². The Kier molecular flexibility index (Phi) is 4.50. The Balaban J connectivity index is 1.70. The minimum absolute atomic E-state index is 0.105. The molecule has 6 heteroatoms. The van der Waals surface area contributed by atoms with Gasteiger partial charge >= 0.3 is 12.2 Å². The predicted octanol–water partition coefficient (Wildman–Crippen LogP) is 4.37. The average molecular weight is 326 g/mol. The largest absolute Gasteiger partial charge is 0.393 e. The molecule has 1 aromatic carbocycles. The Morgan fingerprint density at radius 2 is 1.96 bits per heavy atom. The third kappa shape index (κ3) is 3.62. The fraction of sp³-hybridized carbons (Fsp3) is 0.588. The van der Waals surface area contributed by atoms with Gasteiger partial charge in [0, 0.05) is 18.8 Å². The molecule has 2 amide bonds. The summed E-state index contributed by atoms with van der Waals surface area (Å²) in [6, 6.07) is 5.38. The molecule has 126 valence electrons. The maximum Gasteiger partial charge on any atom is 0.393 e. The molecule has 0 radical (unpaired) electrons. The number of nitrogens with one attached hydrogen (secondary N) is 1. The average Bonchev–Trinajstić information content (AvgIpc) is 2.54. The molecule has 1 aliphatic carbocycles. The van der Waals surface area contributed by atoms with Crippen molar-refractivity contribution in [2.45, 2.75) is 44.7 Å². The number of fused-ring (bicyclic) bond motifs is 1. The van der Waals surface area contributed by atoms with Crippen LogP contribution >= 0.6 is 0 Å². The van der Waals surface area contributed by atoms with Crippen LogP contribution < -0.4 is 5.32 Å². The second-order valence-corrected chi connectivity index (χ2v) is 6.41. The molecule has 1 aliphatic heterocycles. The van der Waals surface area contributed by atoms with Gasteiger partial charge in [-0.1, -0.05) is 12.1 Å². The van der Waals surface area contributed by atoms with E-state index in [1.165, 1.54) is 10.5 Å². The Morgan fingerprint density at radius 3 is 2.74 bits per heavy atom. The smallest absolute Gasteiger partial charge is 0.324 e. The summed E-state index contributed by atoms with van der Waals surface area (Å²) in [7, 11) is 0. The van der Waals surface area contributed by atoms with Gasteiger partial charge in [-0.25, -0.2) is 4.79 Å². The zero-order valence-corrected chi connectivity index (χ0v) is 13.0. The molecule has 1 aromatic rings. The van der Waals surface area contributed by atoms with Crippen LogP contribution in [-0.4, -0.2) is 30.2 Å². The summed E-state index contributed by atoms with van der Waals surface area (Å²) in [5, 5.41) is 2.83. The monoisotopic (exact) mass is 326 g/mol. The van der Waals surface area contributed by atoms with Crippen molar-refractivity contribution in [1.82, 2.24) is 4.90 Å². The second-order valence-electron chi connectivity index (χ2n) is 6.41. The number of nitrogens with zero attached hydrogens (tertiary/aromatic N) is 1. The molecule has 0 aromatic heterocycles. The Labute approximate surface area is 133 Å². The van der Waals surface area contributed by atoms with Gasteiger partial charge in [0.15, 0.2) is 0 Å². The first kappa shape index (κ1) is 16.1. The lowest BCUT2D eigenvalue weighted by Crippen LogP contribution is -2.46. The number of anilines is 1. The fourth-order valence-electron chi connectivity index (χ4n) is 3.52. The van der Waals surface area contributed by atoms with Gasteiger partial charge in [-0.2, -0.15) is 13.2 Å². The Bertz CT molecular complexity index is 586. The van der Waals surface area contributed by atoms with Crippen LogP contribution in [0.25, 0.3) is 0 Å². The quantitative estimate of drug-likeness (QED) is 0.816. The number of hydrogen-bond donors (Lipinski definition) is 1. The SMILES string of the molecule is O=C(Nc1cccc2c1CCCC2)N1CCCC(C(F)(F)F)C1. The van der Waals surface area contributed by atoms with Gasteiger partial charge in [0.2, 0.25) is 0 Å². The number of aryl methyl sites for hydroxylation is 1. The lowest BCUT2D eigenvalue weighted by molar-refractivity contribution is -0.183. The van der Waals surface area contributed by atoms with E-state index in [2.05, 4.69) is 11.4 Å². The summed E-state index contributed by atoms with van der Waals surface area (Å²) in [4.78, 5) is 13.7. The van der Waals surface area contributed by atoms with E-state index in [0.717, 1.165) is 36.9 Å². The first-order valence-electron chi connectivity index (χ1n) is 8.18. The first-order valence-corrected chi connectivity index (χ1v) is 8.18. The van der Waals surface area contributed by atoms with Crippen molar-refractivity contribution in [3.05, 3.63) is 29.3 Å². The van der Waals surface area contributed by atoms with Crippen molar-refractivity contribution in [1.29, 1.82) is 0 Å². The standard InChI is InChI=1S/C17H21F3N2O/c18-17(19,20)13-7-4-10-22(11-13)16(23)21-15-9-3-6-12-5-1-2-8-14(12)15/h3,6,9,13H,1-2,4-5,7-8,10-11H2,(H,21,23). The number of alkyl halides is 3. The van der Waals surface area contributed by atoms with Crippen molar-refractivity contribution in [2.75, 3.05) is 18.4 Å². The first-order chi connectivity index (χ1) is 10.9. The van der Waals surface area contributed by atoms with Crippen LogP contribution in [0.5, 0.6) is 0 Å². The van der Waals surface area contributed by atoms with Gasteiger partial charge in [0.1, 0.15) is 0 Å². The van der Waals surface area contributed by atoms with E-state index in [4.69, 9.17) is 0 Å². The van der Waals surface area contributed by atoms with E-state index in [0.29, 0.717) is 13.0 Å². The van der Waals surface area contributed by atoms with Gasteiger partial charge in [-0.3, -0.25) is 0 Å². The third-order valence-electron chi connectivity index (χ3n) is 4.81. The highest BCUT2D eigenvalue weighted by atomic mass is 19.4. The lowest BCUT2D eigenvalue weighted by atomic mass is 9.90. The summed E-state index contributed by atoms with van der Waals surface area (Å²) in [5.41, 5.74) is 3.12. The molecule has 1 unspecified atom stereocenters. The number of benzene rings is 1. The van der Waals surface area contributed by atoms with Gasteiger partial charge in [0.25, 0.3) is 0 Å². The zero-order chi connectivity index (χ0) is 16.4. The molecule has 1 N–H and O–H groups in total. The Morgan fingerprint density at radius 1 is 1.17 bits per heavy atom. The normalized spacial score (nSPS) is 21.7. The second kappa shape index (κ2) is 6.42. The molecule has 0 saturated carbocycles. The number of carbonyl (C=O) groups excluding carboxylic acids is 1. The van der Waals surface area contributed by atoms with Crippen LogP contribution in [0.15, 0.2) is 18.2 Å². The minimum Gasteiger partial charge on any atom is -0.324 e. The molecule has 1 atom stereocenters. The van der Waals surface area contributed by atoms with E-state index >= 15 is 0 Å². The van der Waals surface area contributed by atoms with Crippen LogP contribution in [0.1, 0.15) is 36.8 Å². The molecule has 0 bridgehead atoms. The van der Waals surface area contributed by atoms with E-state index in [-0.39, 0.29) is 13.0 Å². The van der Waals surface area contributed by atoms with Gasteiger partial charge in [-0.15, -0.1) is 0 Å². The molecule has 0 spiro atoms. The molecule has 23 heavy (non-hydrogen) atoms. The number of likely N-dealkylation sites (tertiary alicyclic amines) is 1. The molecular formula is C17H21F3N2O. The Hall–Kier alpha value is -1.72. The van der Waals surface area contributed by atoms with E-state index in [1.807, 2.05) is 12.1 Å². The van der Waals surface area contributed by atoms with Crippen molar-refractivity contribution < 1.29 is 18.0 Å². The summed E-state index contributed by atoms with van der Waals surface area (Å²) in [6.07, 6.45) is 0.406. The molecule has 1 heterocycles. The number of hydrogen-bond acceptors (Lipinski definition) is 1. The number of urea groups is 1. The van der Waals surface area contributed by atoms with E-state index in [9.17, 15) is 18.0 Å². The third-order valence-corrected chi connectivity index (χ3v) is 4.81. The summed E-state index contributed by atoms with van der Waals surface area (Å²) in [6.45, 7) is 0.137. The van der Waals surface area contributed by atoms with Crippen molar-refractivity contribution in [2.24, 2.45) is 5.92 Å². The number of amides is 2. The van der Waals surface area contributed by atoms with Gasteiger partial charge < -0.3 is 10.2 Å². The number of halogens is 3. The van der Waals surface area contributed by atoms with Crippen molar-refractivity contribution in [3.63, 3.8) is 0 Å². The number of carbonyl (C=O) groups is 1. The molecular weight excluding hydrogens is 305 g/mol. The fourth-order valence-corrected chi connectivity index (χ4v) is 3.52. The molecule has 1 fully saturated rings. The van der Waals surface area contributed by atoms with Gasteiger partial charge in [-0.05, 0) is 55.7 Å². The molecule has 3 rings (SSSR count). The van der Waals surface area contributed by atoms with Crippen molar-refractivity contribution in [3.8, 4) is 0 Å². The predicted molar refractivity (Wildman–Crippen MR) is 82.5 cm³/mol. The topological polar surface area (TPSA) is 32.3 Å². The van der Waals surface area contributed by atoms with Crippen LogP contribution in [0, 0.1) is 5.92 Å². The van der Waals surface area contributed by atoms with Crippen LogP contribution in [0.2, 0.25) is 0 Å². The molecule has 2 aliphatic rings. The zero-order valence-electron chi connectivity index (χ0n) is 13.0. The maximum atomic E-state index is 12.9. The highest BCUT2D eigenvalue weighted by Gasteiger charge is 2.42. The number of rotatable bonds is 1. The van der Waals surface area contributed by atoms with E-state index in [1.54, 1.807) is 0 Å². The molecule has 3 nitrogen and oxygen atoms in total.